The Morgan fingerprint density at radius 1 is 1.22 bits per heavy atom. The lowest BCUT2D eigenvalue weighted by molar-refractivity contribution is 0.0193. The van der Waals surface area contributed by atoms with Gasteiger partial charge in [-0.25, -0.2) is 13.2 Å². The minimum atomic E-state index is -3.39. The second kappa shape index (κ2) is 5.27. The van der Waals surface area contributed by atoms with Gasteiger partial charge < -0.3 is 9.64 Å². The van der Waals surface area contributed by atoms with Gasteiger partial charge in [0, 0.05) is 31.6 Å². The Hall–Kier alpha value is -1.08. The zero-order chi connectivity index (χ0) is 14.0. The molecule has 1 fully saturated rings. The van der Waals surface area contributed by atoms with Crippen LogP contribution in [0, 0.1) is 0 Å². The molecule has 104 valence electrons. The number of rotatable bonds is 2. The number of piperazine rings is 1. The van der Waals surface area contributed by atoms with Crippen molar-refractivity contribution in [2.24, 2.45) is 0 Å². The minimum Gasteiger partial charge on any atom is -0.444 e. The molecule has 0 aromatic heterocycles. The highest BCUT2D eigenvalue weighted by Gasteiger charge is 2.29. The van der Waals surface area contributed by atoms with Crippen molar-refractivity contribution in [2.45, 2.75) is 26.4 Å². The highest BCUT2D eigenvalue weighted by atomic mass is 32.2. The Balaban J connectivity index is 2.55. The summed E-state index contributed by atoms with van der Waals surface area (Å²) in [6, 6.07) is 0. The van der Waals surface area contributed by atoms with Gasteiger partial charge in [0.05, 0.1) is 0 Å². The maximum atomic E-state index is 11.8. The van der Waals surface area contributed by atoms with Crippen LogP contribution in [0.15, 0.2) is 12.0 Å². The van der Waals surface area contributed by atoms with Crippen molar-refractivity contribution in [1.29, 1.82) is 0 Å². The van der Waals surface area contributed by atoms with Gasteiger partial charge in [0.2, 0.25) is 10.0 Å². The summed E-state index contributed by atoms with van der Waals surface area (Å²) in [7, 11) is -3.39. The fourth-order valence-corrected chi connectivity index (χ4v) is 2.44. The number of hydrogen-bond acceptors (Lipinski definition) is 4. The fraction of sp³-hybridized carbons (Fsp3) is 0.727. The predicted octanol–water partition coefficient (Wildman–Crippen LogP) is 1.01. The monoisotopic (exact) mass is 276 g/mol. The number of carbonyl (C=O) groups excluding carboxylic acids is 1. The largest absolute Gasteiger partial charge is 0.444 e. The van der Waals surface area contributed by atoms with E-state index in [1.807, 2.05) is 0 Å². The zero-order valence-corrected chi connectivity index (χ0v) is 11.9. The van der Waals surface area contributed by atoms with Gasteiger partial charge in [-0.1, -0.05) is 6.58 Å². The first-order chi connectivity index (χ1) is 8.15. The van der Waals surface area contributed by atoms with Gasteiger partial charge in [-0.15, -0.1) is 0 Å². The zero-order valence-electron chi connectivity index (χ0n) is 11.0. The molecule has 1 rings (SSSR count). The molecule has 0 radical (unpaired) electrons. The van der Waals surface area contributed by atoms with Gasteiger partial charge in [-0.3, -0.25) is 0 Å². The summed E-state index contributed by atoms with van der Waals surface area (Å²) in [6.07, 6.45) is -0.404. The Labute approximate surface area is 108 Å². The van der Waals surface area contributed by atoms with E-state index < -0.39 is 21.7 Å². The van der Waals surface area contributed by atoms with Crippen LogP contribution in [-0.4, -0.2) is 55.5 Å². The highest BCUT2D eigenvalue weighted by molar-refractivity contribution is 7.92. The first-order valence-corrected chi connectivity index (χ1v) is 7.26. The SMILES string of the molecule is C=CS(=O)(=O)N1CCN(C(=O)OC(C)(C)C)CC1. The van der Waals surface area contributed by atoms with Gasteiger partial charge >= 0.3 is 6.09 Å². The van der Waals surface area contributed by atoms with E-state index in [1.165, 1.54) is 9.21 Å². The standard InChI is InChI=1S/C11H20N2O4S/c1-5-18(15,16)13-8-6-12(7-9-13)10(14)17-11(2,3)4/h5H,1,6-9H2,2-4H3. The van der Waals surface area contributed by atoms with Gasteiger partial charge in [-0.05, 0) is 20.8 Å². The van der Waals surface area contributed by atoms with E-state index in [0.717, 1.165) is 5.41 Å². The number of amides is 1. The Kier molecular flexibility index (Phi) is 4.39. The number of nitrogens with zero attached hydrogens (tertiary/aromatic N) is 2. The fourth-order valence-electron chi connectivity index (χ4n) is 1.56. The molecule has 6 nitrogen and oxygen atoms in total. The first kappa shape index (κ1) is 15.0. The van der Waals surface area contributed by atoms with Crippen LogP contribution in [0.25, 0.3) is 0 Å². The van der Waals surface area contributed by atoms with Crippen LogP contribution in [-0.2, 0) is 14.8 Å². The van der Waals surface area contributed by atoms with E-state index in [9.17, 15) is 13.2 Å². The predicted molar refractivity (Wildman–Crippen MR) is 68.5 cm³/mol. The molecule has 1 amide bonds. The highest BCUT2D eigenvalue weighted by Crippen LogP contribution is 2.13. The lowest BCUT2D eigenvalue weighted by Crippen LogP contribution is -2.51. The third-order valence-electron chi connectivity index (χ3n) is 2.46. The van der Waals surface area contributed by atoms with Crippen LogP contribution in [0.2, 0.25) is 0 Å². The van der Waals surface area contributed by atoms with E-state index in [4.69, 9.17) is 4.74 Å². The van der Waals surface area contributed by atoms with E-state index in [-0.39, 0.29) is 13.1 Å². The van der Waals surface area contributed by atoms with Gasteiger partial charge in [-0.2, -0.15) is 4.31 Å². The molecule has 1 aliphatic rings. The van der Waals surface area contributed by atoms with Crippen molar-refractivity contribution >= 4 is 16.1 Å². The van der Waals surface area contributed by atoms with Gasteiger partial charge in [0.25, 0.3) is 0 Å². The number of sulfonamides is 1. The van der Waals surface area contributed by atoms with Crippen molar-refractivity contribution in [1.82, 2.24) is 9.21 Å². The maximum Gasteiger partial charge on any atom is 0.410 e. The molecule has 1 heterocycles. The molecular formula is C11H20N2O4S. The van der Waals surface area contributed by atoms with Crippen molar-refractivity contribution in [3.8, 4) is 0 Å². The summed E-state index contributed by atoms with van der Waals surface area (Å²) < 4.78 is 29.6. The van der Waals surface area contributed by atoms with Crippen LogP contribution < -0.4 is 0 Å². The summed E-state index contributed by atoms with van der Waals surface area (Å²) in [6.45, 7) is 9.87. The third kappa shape index (κ3) is 3.99. The Morgan fingerprint density at radius 2 is 1.72 bits per heavy atom. The molecule has 0 unspecified atom stereocenters. The number of carbonyl (C=O) groups is 1. The average molecular weight is 276 g/mol. The molecule has 1 saturated heterocycles. The molecule has 0 aliphatic carbocycles. The average Bonchev–Trinajstić information content (AvgIpc) is 2.27. The Morgan fingerprint density at radius 3 is 2.11 bits per heavy atom. The van der Waals surface area contributed by atoms with Crippen LogP contribution in [0.1, 0.15) is 20.8 Å². The van der Waals surface area contributed by atoms with E-state index >= 15 is 0 Å². The van der Waals surface area contributed by atoms with E-state index in [2.05, 4.69) is 6.58 Å². The Bertz CT molecular complexity index is 417. The molecule has 0 aromatic carbocycles. The number of hydrogen-bond donors (Lipinski definition) is 0. The second-order valence-corrected chi connectivity index (χ2v) is 6.96. The smallest absolute Gasteiger partial charge is 0.410 e. The molecule has 0 N–H and O–H groups in total. The summed E-state index contributed by atoms with van der Waals surface area (Å²) in [5.41, 5.74) is -0.540. The molecule has 0 spiro atoms. The second-order valence-electron chi connectivity index (χ2n) is 5.08. The maximum absolute atomic E-state index is 11.8. The molecular weight excluding hydrogens is 256 g/mol. The topological polar surface area (TPSA) is 66.9 Å². The molecule has 0 saturated carbocycles. The van der Waals surface area contributed by atoms with Gasteiger partial charge in [0.1, 0.15) is 5.60 Å². The normalized spacial score (nSPS) is 18.5. The van der Waals surface area contributed by atoms with Crippen molar-refractivity contribution in [3.63, 3.8) is 0 Å². The van der Waals surface area contributed by atoms with E-state index in [0.29, 0.717) is 13.1 Å². The summed E-state index contributed by atoms with van der Waals surface area (Å²) >= 11 is 0. The molecule has 18 heavy (non-hydrogen) atoms. The van der Waals surface area contributed by atoms with Crippen molar-refractivity contribution in [3.05, 3.63) is 12.0 Å². The quantitative estimate of drug-likeness (QED) is 0.755. The molecule has 0 bridgehead atoms. The molecule has 0 atom stereocenters. The van der Waals surface area contributed by atoms with Crippen LogP contribution >= 0.6 is 0 Å². The first-order valence-electron chi connectivity index (χ1n) is 5.76. The molecule has 1 aliphatic heterocycles. The van der Waals surface area contributed by atoms with Gasteiger partial charge in [0.15, 0.2) is 0 Å². The summed E-state index contributed by atoms with van der Waals surface area (Å²) in [5.74, 6) is 0. The number of ether oxygens (including phenoxy) is 1. The molecule has 0 aromatic rings. The summed E-state index contributed by atoms with van der Waals surface area (Å²) in [5, 5.41) is 0.927. The van der Waals surface area contributed by atoms with Crippen LogP contribution in [0.5, 0.6) is 0 Å². The lowest BCUT2D eigenvalue weighted by Gasteiger charge is -2.34. The molecule has 7 heteroatoms. The van der Waals surface area contributed by atoms with Crippen LogP contribution in [0.3, 0.4) is 0 Å². The van der Waals surface area contributed by atoms with E-state index in [1.54, 1.807) is 20.8 Å². The minimum absolute atomic E-state index is 0.271. The third-order valence-corrected chi connectivity index (χ3v) is 3.97. The van der Waals surface area contributed by atoms with Crippen LogP contribution in [0.4, 0.5) is 4.79 Å². The summed E-state index contributed by atoms with van der Waals surface area (Å²) in [4.78, 5) is 13.3. The van der Waals surface area contributed by atoms with Crippen molar-refractivity contribution in [2.75, 3.05) is 26.2 Å². The van der Waals surface area contributed by atoms with Crippen molar-refractivity contribution < 1.29 is 17.9 Å². The lowest BCUT2D eigenvalue weighted by atomic mass is 10.2.